The summed E-state index contributed by atoms with van der Waals surface area (Å²) in [7, 11) is 0. The van der Waals surface area contributed by atoms with Crippen LogP contribution in [0.5, 0.6) is 5.75 Å². The highest BCUT2D eigenvalue weighted by Gasteiger charge is 2.09. The summed E-state index contributed by atoms with van der Waals surface area (Å²) in [6.07, 6.45) is 0. The highest BCUT2D eigenvalue weighted by Crippen LogP contribution is 2.18. The van der Waals surface area contributed by atoms with Crippen LogP contribution in [0.25, 0.3) is 0 Å². The van der Waals surface area contributed by atoms with E-state index in [1.165, 1.54) is 0 Å². The normalized spacial score (nSPS) is 12.2. The first-order chi connectivity index (χ1) is 8.17. The summed E-state index contributed by atoms with van der Waals surface area (Å²) in [6.45, 7) is 9.86. The average molecular weight is 234 g/mol. The zero-order valence-electron chi connectivity index (χ0n) is 10.7. The Morgan fingerprint density at radius 3 is 2.88 bits per heavy atom. The van der Waals surface area contributed by atoms with Crippen molar-refractivity contribution in [3.63, 3.8) is 0 Å². The van der Waals surface area contributed by atoms with E-state index in [4.69, 9.17) is 10.5 Å². The lowest BCUT2D eigenvalue weighted by Gasteiger charge is -2.18. The molecule has 94 valence electrons. The largest absolute Gasteiger partial charge is 0.494 e. The van der Waals surface area contributed by atoms with Gasteiger partial charge in [-0.1, -0.05) is 24.3 Å². The molecule has 1 atom stereocenters. The molecule has 0 spiro atoms. The number of benzene rings is 1. The molecular formula is C14H22N2O. The van der Waals surface area contributed by atoms with Crippen LogP contribution in [-0.4, -0.2) is 19.7 Å². The van der Waals surface area contributed by atoms with Crippen molar-refractivity contribution >= 4 is 0 Å². The lowest BCUT2D eigenvalue weighted by atomic mass is 10.1. The summed E-state index contributed by atoms with van der Waals surface area (Å²) >= 11 is 0. The summed E-state index contributed by atoms with van der Waals surface area (Å²) in [4.78, 5) is 0. The number of ether oxygens (including phenoxy) is 1. The number of nitrogens with one attached hydrogen (secondary N) is 1. The molecule has 0 fully saturated rings. The Morgan fingerprint density at radius 1 is 1.53 bits per heavy atom. The first-order valence-corrected chi connectivity index (χ1v) is 5.98. The van der Waals surface area contributed by atoms with Gasteiger partial charge in [0.1, 0.15) is 5.75 Å². The maximum absolute atomic E-state index is 5.78. The minimum atomic E-state index is 0.145. The van der Waals surface area contributed by atoms with E-state index in [9.17, 15) is 0 Å². The van der Waals surface area contributed by atoms with Crippen molar-refractivity contribution < 1.29 is 4.74 Å². The molecule has 3 heteroatoms. The highest BCUT2D eigenvalue weighted by atomic mass is 16.5. The van der Waals surface area contributed by atoms with E-state index in [1.54, 1.807) is 0 Å². The molecule has 0 amide bonds. The van der Waals surface area contributed by atoms with Crippen LogP contribution < -0.4 is 15.8 Å². The molecule has 1 rings (SSSR count). The molecule has 0 aliphatic heterocycles. The Kier molecular flexibility index (Phi) is 5.73. The minimum absolute atomic E-state index is 0.145. The van der Waals surface area contributed by atoms with Crippen molar-refractivity contribution in [3.8, 4) is 5.75 Å². The summed E-state index contributed by atoms with van der Waals surface area (Å²) in [6, 6.07) is 8.19. The number of hydrogen-bond acceptors (Lipinski definition) is 3. The van der Waals surface area contributed by atoms with Crippen LogP contribution in [0.2, 0.25) is 0 Å². The van der Waals surface area contributed by atoms with Gasteiger partial charge in [0.2, 0.25) is 0 Å². The molecule has 0 bridgehead atoms. The van der Waals surface area contributed by atoms with Gasteiger partial charge in [0.05, 0.1) is 6.61 Å². The predicted octanol–water partition coefficient (Wildman–Crippen LogP) is 2.25. The first-order valence-electron chi connectivity index (χ1n) is 5.98. The van der Waals surface area contributed by atoms with Gasteiger partial charge < -0.3 is 15.8 Å². The van der Waals surface area contributed by atoms with Gasteiger partial charge in [0.25, 0.3) is 0 Å². The molecule has 0 aliphatic rings. The zero-order chi connectivity index (χ0) is 12.7. The second-order valence-electron chi connectivity index (χ2n) is 4.13. The number of hydrogen-bond donors (Lipinski definition) is 2. The standard InChI is InChI=1S/C14H22N2O/c1-4-17-13-7-5-6-12(8-13)14(9-15)16-10-11(2)3/h5-8,14,16H,2,4,9-10,15H2,1,3H3. The SMILES string of the molecule is C=C(C)CNC(CN)c1cccc(OCC)c1. The number of rotatable bonds is 7. The van der Waals surface area contributed by atoms with Crippen LogP contribution in [0.4, 0.5) is 0 Å². The molecular weight excluding hydrogens is 212 g/mol. The smallest absolute Gasteiger partial charge is 0.119 e. The summed E-state index contributed by atoms with van der Waals surface area (Å²) in [5, 5.41) is 3.37. The molecule has 0 saturated heterocycles. The fourth-order valence-corrected chi connectivity index (χ4v) is 1.62. The first kappa shape index (κ1) is 13.7. The van der Waals surface area contributed by atoms with Gasteiger partial charge in [-0.15, -0.1) is 0 Å². The van der Waals surface area contributed by atoms with Gasteiger partial charge in [-0.05, 0) is 31.5 Å². The van der Waals surface area contributed by atoms with E-state index >= 15 is 0 Å². The van der Waals surface area contributed by atoms with Crippen molar-refractivity contribution in [1.29, 1.82) is 0 Å². The molecule has 0 heterocycles. The van der Waals surface area contributed by atoms with Crippen LogP contribution >= 0.6 is 0 Å². The van der Waals surface area contributed by atoms with Crippen molar-refractivity contribution in [3.05, 3.63) is 42.0 Å². The van der Waals surface area contributed by atoms with Gasteiger partial charge >= 0.3 is 0 Å². The van der Waals surface area contributed by atoms with Crippen molar-refractivity contribution in [2.24, 2.45) is 5.73 Å². The summed E-state index contributed by atoms with van der Waals surface area (Å²) in [5.74, 6) is 0.889. The Labute approximate surface area is 104 Å². The van der Waals surface area contributed by atoms with Gasteiger partial charge in [0, 0.05) is 19.1 Å². The lowest BCUT2D eigenvalue weighted by Crippen LogP contribution is -2.29. The second kappa shape index (κ2) is 7.09. The van der Waals surface area contributed by atoms with Crippen molar-refractivity contribution in [1.82, 2.24) is 5.32 Å². The minimum Gasteiger partial charge on any atom is -0.494 e. The van der Waals surface area contributed by atoms with Crippen LogP contribution in [0.3, 0.4) is 0 Å². The van der Waals surface area contributed by atoms with E-state index in [0.29, 0.717) is 13.2 Å². The molecule has 0 saturated carbocycles. The maximum Gasteiger partial charge on any atom is 0.119 e. The maximum atomic E-state index is 5.78. The van der Waals surface area contributed by atoms with Crippen LogP contribution in [0.15, 0.2) is 36.4 Å². The molecule has 3 nitrogen and oxygen atoms in total. The van der Waals surface area contributed by atoms with E-state index in [-0.39, 0.29) is 6.04 Å². The fraction of sp³-hybridized carbons (Fsp3) is 0.429. The lowest BCUT2D eigenvalue weighted by molar-refractivity contribution is 0.339. The van der Waals surface area contributed by atoms with Crippen LogP contribution in [0.1, 0.15) is 25.5 Å². The second-order valence-corrected chi connectivity index (χ2v) is 4.13. The summed E-state index contributed by atoms with van der Waals surface area (Å²) < 4.78 is 5.48. The fourth-order valence-electron chi connectivity index (χ4n) is 1.62. The van der Waals surface area contributed by atoms with E-state index in [1.807, 2.05) is 32.0 Å². The molecule has 0 radical (unpaired) electrons. The average Bonchev–Trinajstić information content (AvgIpc) is 2.30. The van der Waals surface area contributed by atoms with Gasteiger partial charge in [-0.25, -0.2) is 0 Å². The summed E-state index contributed by atoms with van der Waals surface area (Å²) in [5.41, 5.74) is 8.04. The molecule has 0 aliphatic carbocycles. The van der Waals surface area contributed by atoms with Gasteiger partial charge in [0.15, 0.2) is 0 Å². The third-order valence-corrected chi connectivity index (χ3v) is 2.46. The Bertz CT molecular complexity index is 363. The molecule has 0 aromatic heterocycles. The third-order valence-electron chi connectivity index (χ3n) is 2.46. The van der Waals surface area contributed by atoms with Crippen LogP contribution in [-0.2, 0) is 0 Å². The zero-order valence-corrected chi connectivity index (χ0v) is 10.7. The quantitative estimate of drug-likeness (QED) is 0.711. The van der Waals surface area contributed by atoms with Crippen LogP contribution in [0, 0.1) is 0 Å². The van der Waals surface area contributed by atoms with Gasteiger partial charge in [-0.2, -0.15) is 0 Å². The van der Waals surface area contributed by atoms with E-state index in [2.05, 4.69) is 18.0 Å². The Hall–Kier alpha value is -1.32. The molecule has 1 unspecified atom stereocenters. The molecule has 1 aromatic carbocycles. The topological polar surface area (TPSA) is 47.3 Å². The molecule has 3 N–H and O–H groups in total. The van der Waals surface area contributed by atoms with E-state index in [0.717, 1.165) is 23.4 Å². The van der Waals surface area contributed by atoms with Crippen molar-refractivity contribution in [2.45, 2.75) is 19.9 Å². The number of nitrogens with two attached hydrogens (primary N) is 1. The van der Waals surface area contributed by atoms with E-state index < -0.39 is 0 Å². The Balaban J connectivity index is 2.73. The molecule has 17 heavy (non-hydrogen) atoms. The van der Waals surface area contributed by atoms with Gasteiger partial charge in [-0.3, -0.25) is 0 Å². The third kappa shape index (κ3) is 4.59. The highest BCUT2D eigenvalue weighted by molar-refractivity contribution is 5.31. The Morgan fingerprint density at radius 2 is 2.29 bits per heavy atom. The molecule has 1 aromatic rings. The predicted molar refractivity (Wildman–Crippen MR) is 72.2 cm³/mol. The van der Waals surface area contributed by atoms with Crippen molar-refractivity contribution in [2.75, 3.05) is 19.7 Å². The monoisotopic (exact) mass is 234 g/mol.